The molecule has 1 aromatic rings. The highest BCUT2D eigenvalue weighted by Crippen LogP contribution is 2.35. The molecule has 0 bridgehead atoms. The van der Waals surface area contributed by atoms with Crippen molar-refractivity contribution in [3.63, 3.8) is 0 Å². The first-order valence-corrected chi connectivity index (χ1v) is 8.78. The second kappa shape index (κ2) is 6.46. The van der Waals surface area contributed by atoms with Crippen LogP contribution >= 0.6 is 22.6 Å². The highest BCUT2D eigenvalue weighted by Gasteiger charge is 2.52. The monoisotopic (exact) mass is 427 g/mol. The van der Waals surface area contributed by atoms with Crippen molar-refractivity contribution in [1.29, 1.82) is 0 Å². The second-order valence-electron chi connectivity index (χ2n) is 5.95. The van der Waals surface area contributed by atoms with E-state index in [0.717, 1.165) is 22.1 Å². The summed E-state index contributed by atoms with van der Waals surface area (Å²) in [5.41, 5.74) is 0.0325. The standard InChI is InChI=1S/C16H18IN3O3/c17-11-5-1-2-6-12(11)18-13(21)7-10-20-14(22)16(19-15(20)23)8-3-4-9-16/h1-2,5-6H,3-4,7-10H2,(H,18,21)(H,19,23). The van der Waals surface area contributed by atoms with Crippen LogP contribution < -0.4 is 10.6 Å². The lowest BCUT2D eigenvalue weighted by molar-refractivity contribution is -0.131. The number of benzene rings is 1. The number of halogens is 1. The van der Waals surface area contributed by atoms with Crippen molar-refractivity contribution in [2.75, 3.05) is 11.9 Å². The van der Waals surface area contributed by atoms with Gasteiger partial charge in [-0.05, 0) is 47.6 Å². The van der Waals surface area contributed by atoms with Crippen molar-refractivity contribution >= 4 is 46.1 Å². The van der Waals surface area contributed by atoms with Gasteiger partial charge in [0.15, 0.2) is 0 Å². The first-order valence-electron chi connectivity index (χ1n) is 7.70. The Morgan fingerprint density at radius 1 is 1.26 bits per heavy atom. The van der Waals surface area contributed by atoms with Crippen LogP contribution in [0.1, 0.15) is 32.1 Å². The molecular weight excluding hydrogens is 409 g/mol. The fourth-order valence-electron chi connectivity index (χ4n) is 3.19. The maximum Gasteiger partial charge on any atom is 0.325 e. The van der Waals surface area contributed by atoms with Crippen LogP contribution in [0.3, 0.4) is 0 Å². The molecule has 1 saturated carbocycles. The van der Waals surface area contributed by atoms with E-state index in [4.69, 9.17) is 0 Å². The predicted octanol–water partition coefficient (Wildman–Crippen LogP) is 2.48. The molecule has 1 aliphatic carbocycles. The van der Waals surface area contributed by atoms with E-state index in [9.17, 15) is 14.4 Å². The van der Waals surface area contributed by atoms with Gasteiger partial charge in [0.2, 0.25) is 5.91 Å². The largest absolute Gasteiger partial charge is 0.325 e. The Bertz CT molecular complexity index is 656. The molecule has 2 fully saturated rings. The molecule has 1 heterocycles. The Morgan fingerprint density at radius 2 is 1.96 bits per heavy atom. The van der Waals surface area contributed by atoms with Gasteiger partial charge >= 0.3 is 6.03 Å². The lowest BCUT2D eigenvalue weighted by Gasteiger charge is -2.19. The molecule has 0 unspecified atom stereocenters. The number of para-hydroxylation sites is 1. The van der Waals surface area contributed by atoms with Crippen molar-refractivity contribution in [2.45, 2.75) is 37.6 Å². The molecular formula is C16H18IN3O3. The second-order valence-corrected chi connectivity index (χ2v) is 7.12. The van der Waals surface area contributed by atoms with Crippen LogP contribution in [0.15, 0.2) is 24.3 Å². The molecule has 7 heteroatoms. The van der Waals surface area contributed by atoms with E-state index in [1.165, 1.54) is 4.90 Å². The van der Waals surface area contributed by atoms with Crippen molar-refractivity contribution in [3.05, 3.63) is 27.8 Å². The lowest BCUT2D eigenvalue weighted by Crippen LogP contribution is -2.44. The van der Waals surface area contributed by atoms with Gasteiger partial charge in [-0.25, -0.2) is 4.79 Å². The Hall–Kier alpha value is -1.64. The highest BCUT2D eigenvalue weighted by molar-refractivity contribution is 14.1. The summed E-state index contributed by atoms with van der Waals surface area (Å²) in [6.45, 7) is 0.113. The molecule has 1 spiro atoms. The Kier molecular flexibility index (Phi) is 4.56. The fourth-order valence-corrected chi connectivity index (χ4v) is 3.71. The minimum atomic E-state index is -0.706. The zero-order valence-electron chi connectivity index (χ0n) is 12.6. The minimum absolute atomic E-state index is 0.0974. The van der Waals surface area contributed by atoms with E-state index in [1.807, 2.05) is 24.3 Å². The van der Waals surface area contributed by atoms with Gasteiger partial charge in [-0.3, -0.25) is 14.5 Å². The van der Waals surface area contributed by atoms with E-state index in [2.05, 4.69) is 33.2 Å². The number of hydrogen-bond acceptors (Lipinski definition) is 3. The van der Waals surface area contributed by atoms with Crippen molar-refractivity contribution in [2.24, 2.45) is 0 Å². The summed E-state index contributed by atoms with van der Waals surface area (Å²) < 4.78 is 0.943. The summed E-state index contributed by atoms with van der Waals surface area (Å²) in [4.78, 5) is 37.8. The molecule has 0 atom stereocenters. The first kappa shape index (κ1) is 16.2. The van der Waals surface area contributed by atoms with Gasteiger partial charge < -0.3 is 10.6 Å². The number of hydrogen-bond donors (Lipinski definition) is 2. The Balaban J connectivity index is 1.58. The number of rotatable bonds is 4. The van der Waals surface area contributed by atoms with Crippen LogP contribution in [-0.2, 0) is 9.59 Å². The Labute approximate surface area is 148 Å². The van der Waals surface area contributed by atoms with E-state index in [0.29, 0.717) is 12.8 Å². The third kappa shape index (κ3) is 3.19. The number of amides is 4. The number of nitrogens with zero attached hydrogens (tertiary/aromatic N) is 1. The summed E-state index contributed by atoms with van der Waals surface area (Å²) in [6, 6.07) is 7.09. The molecule has 122 valence electrons. The molecule has 1 saturated heterocycles. The van der Waals surface area contributed by atoms with Crippen LogP contribution in [0.4, 0.5) is 10.5 Å². The molecule has 0 aromatic heterocycles. The number of carbonyl (C=O) groups is 3. The van der Waals surface area contributed by atoms with E-state index in [1.54, 1.807) is 0 Å². The number of carbonyl (C=O) groups excluding carboxylic acids is 3. The van der Waals surface area contributed by atoms with Crippen LogP contribution in [0.5, 0.6) is 0 Å². The van der Waals surface area contributed by atoms with Crippen molar-refractivity contribution in [3.8, 4) is 0 Å². The molecule has 2 aliphatic rings. The zero-order chi connectivity index (χ0) is 16.4. The van der Waals surface area contributed by atoms with Gasteiger partial charge in [-0.2, -0.15) is 0 Å². The average molecular weight is 427 g/mol. The first-order chi connectivity index (χ1) is 11.0. The van der Waals surface area contributed by atoms with Crippen LogP contribution in [0.2, 0.25) is 0 Å². The quantitative estimate of drug-likeness (QED) is 0.573. The van der Waals surface area contributed by atoms with Gasteiger partial charge in [0.05, 0.1) is 5.69 Å². The van der Waals surface area contributed by atoms with Crippen LogP contribution in [0, 0.1) is 3.57 Å². The van der Waals surface area contributed by atoms with Gasteiger partial charge in [-0.15, -0.1) is 0 Å². The van der Waals surface area contributed by atoms with Gasteiger partial charge in [0, 0.05) is 16.5 Å². The number of anilines is 1. The maximum absolute atomic E-state index is 12.5. The summed E-state index contributed by atoms with van der Waals surface area (Å²) in [5.74, 6) is -0.385. The molecule has 1 aliphatic heterocycles. The SMILES string of the molecule is O=C(CCN1C(=O)NC2(CCCC2)C1=O)Nc1ccccc1I. The molecule has 3 rings (SSSR count). The van der Waals surface area contributed by atoms with E-state index < -0.39 is 5.54 Å². The summed E-state index contributed by atoms with van der Waals surface area (Å²) in [5, 5.41) is 5.62. The summed E-state index contributed by atoms with van der Waals surface area (Å²) >= 11 is 2.14. The summed E-state index contributed by atoms with van der Waals surface area (Å²) in [6.07, 6.45) is 3.39. The fraction of sp³-hybridized carbons (Fsp3) is 0.438. The Morgan fingerprint density at radius 3 is 2.65 bits per heavy atom. The van der Waals surface area contributed by atoms with Crippen molar-refractivity contribution in [1.82, 2.24) is 10.2 Å². The topological polar surface area (TPSA) is 78.5 Å². The van der Waals surface area contributed by atoms with Gasteiger partial charge in [0.25, 0.3) is 5.91 Å². The summed E-state index contributed by atoms with van der Waals surface area (Å²) in [7, 11) is 0. The smallest absolute Gasteiger partial charge is 0.325 e. The predicted molar refractivity (Wildman–Crippen MR) is 93.8 cm³/mol. The molecule has 23 heavy (non-hydrogen) atoms. The van der Waals surface area contributed by atoms with E-state index in [-0.39, 0.29) is 30.8 Å². The van der Waals surface area contributed by atoms with Gasteiger partial charge in [-0.1, -0.05) is 25.0 Å². The average Bonchev–Trinajstić information content (AvgIpc) is 3.07. The maximum atomic E-state index is 12.5. The van der Waals surface area contributed by atoms with Gasteiger partial charge in [0.1, 0.15) is 5.54 Å². The highest BCUT2D eigenvalue weighted by atomic mass is 127. The number of urea groups is 1. The van der Waals surface area contributed by atoms with Crippen LogP contribution in [0.25, 0.3) is 0 Å². The minimum Gasteiger partial charge on any atom is -0.325 e. The normalized spacial score (nSPS) is 19.3. The molecule has 4 amide bonds. The molecule has 1 aromatic carbocycles. The molecule has 0 radical (unpaired) electrons. The third-order valence-electron chi connectivity index (χ3n) is 4.41. The zero-order valence-corrected chi connectivity index (χ0v) is 14.8. The molecule has 2 N–H and O–H groups in total. The third-order valence-corrected chi connectivity index (χ3v) is 5.35. The van der Waals surface area contributed by atoms with Crippen molar-refractivity contribution < 1.29 is 14.4 Å². The number of imide groups is 1. The van der Waals surface area contributed by atoms with Crippen LogP contribution in [-0.4, -0.2) is 34.8 Å². The number of nitrogens with one attached hydrogen (secondary N) is 2. The lowest BCUT2D eigenvalue weighted by atomic mass is 9.98. The van der Waals surface area contributed by atoms with E-state index >= 15 is 0 Å². The molecule has 6 nitrogen and oxygen atoms in total.